The molecule has 2 aliphatic heterocycles. The number of likely N-dealkylation sites (N-methyl/N-ethyl adjacent to an activating group) is 1. The Balaban J connectivity index is 1.86. The third-order valence-corrected chi connectivity index (χ3v) is 5.15. The van der Waals surface area contributed by atoms with Crippen LogP contribution in [-0.2, 0) is 9.59 Å². The Morgan fingerprint density at radius 1 is 1.15 bits per heavy atom. The van der Waals surface area contributed by atoms with Crippen LogP contribution < -0.4 is 5.32 Å². The molecule has 0 aliphatic carbocycles. The summed E-state index contributed by atoms with van der Waals surface area (Å²) in [5, 5.41) is 2.59. The zero-order valence-electron chi connectivity index (χ0n) is 15.2. The molecule has 0 aromatic heterocycles. The number of nitrogens with one attached hydrogen (secondary N) is 1. The average molecular weight is 357 g/mol. The summed E-state index contributed by atoms with van der Waals surface area (Å²) in [6.07, 6.45) is 2.25. The first-order valence-corrected chi connectivity index (χ1v) is 8.87. The van der Waals surface area contributed by atoms with E-state index in [1.165, 1.54) is 11.9 Å². The van der Waals surface area contributed by atoms with Crippen molar-refractivity contribution in [3.8, 4) is 0 Å². The number of carbonyl (C=O) groups is 4. The number of fused-ring (bicyclic) bond motifs is 1. The number of likely N-dealkylation sites (tertiary alicyclic amines) is 1. The molecule has 7 heteroatoms. The highest BCUT2D eigenvalue weighted by Crippen LogP contribution is 2.27. The number of carbonyl (C=O) groups excluding carboxylic acids is 4. The second-order valence-electron chi connectivity index (χ2n) is 6.86. The van der Waals surface area contributed by atoms with E-state index in [1.54, 1.807) is 25.1 Å². The Hall–Kier alpha value is -2.70. The van der Waals surface area contributed by atoms with E-state index in [1.807, 2.05) is 6.92 Å². The predicted molar refractivity (Wildman–Crippen MR) is 94.6 cm³/mol. The Morgan fingerprint density at radius 2 is 1.85 bits per heavy atom. The minimum atomic E-state index is -0.951. The molecule has 0 saturated carbocycles. The molecule has 1 aromatic carbocycles. The van der Waals surface area contributed by atoms with Gasteiger partial charge in [-0.15, -0.1) is 0 Å². The lowest BCUT2D eigenvalue weighted by atomic mass is 10.00. The van der Waals surface area contributed by atoms with Crippen molar-refractivity contribution < 1.29 is 19.2 Å². The van der Waals surface area contributed by atoms with Crippen LogP contribution in [0.2, 0.25) is 0 Å². The van der Waals surface area contributed by atoms with Gasteiger partial charge in [-0.3, -0.25) is 24.1 Å². The van der Waals surface area contributed by atoms with E-state index in [0.717, 1.165) is 23.3 Å². The van der Waals surface area contributed by atoms with Crippen LogP contribution in [0.5, 0.6) is 0 Å². The molecule has 1 fully saturated rings. The number of benzene rings is 1. The lowest BCUT2D eigenvalue weighted by molar-refractivity contribution is -0.144. The summed E-state index contributed by atoms with van der Waals surface area (Å²) in [6.45, 7) is 3.84. The number of imide groups is 1. The molecule has 1 N–H and O–H groups in total. The van der Waals surface area contributed by atoms with Gasteiger partial charge in [0.05, 0.1) is 11.1 Å². The van der Waals surface area contributed by atoms with Gasteiger partial charge >= 0.3 is 0 Å². The minimum Gasteiger partial charge on any atom is -0.357 e. The predicted octanol–water partition coefficient (Wildman–Crippen LogP) is 1.11. The molecule has 2 aliphatic rings. The summed E-state index contributed by atoms with van der Waals surface area (Å²) in [4.78, 5) is 53.0. The Bertz CT molecular complexity index is 789. The first-order valence-electron chi connectivity index (χ1n) is 8.87. The van der Waals surface area contributed by atoms with Crippen molar-refractivity contribution in [2.24, 2.45) is 0 Å². The molecule has 1 saturated heterocycles. The van der Waals surface area contributed by atoms with Crippen LogP contribution in [0.25, 0.3) is 0 Å². The average Bonchev–Trinajstić information content (AvgIpc) is 2.90. The summed E-state index contributed by atoms with van der Waals surface area (Å²) in [5.41, 5.74) is 1.53. The summed E-state index contributed by atoms with van der Waals surface area (Å²) >= 11 is 0. The van der Waals surface area contributed by atoms with Gasteiger partial charge in [0.2, 0.25) is 11.8 Å². The fourth-order valence-corrected chi connectivity index (χ4v) is 3.71. The van der Waals surface area contributed by atoms with Gasteiger partial charge in [0.15, 0.2) is 0 Å². The molecule has 4 amide bonds. The van der Waals surface area contributed by atoms with Gasteiger partial charge in [0.25, 0.3) is 11.8 Å². The van der Waals surface area contributed by atoms with Gasteiger partial charge in [0, 0.05) is 13.6 Å². The molecule has 3 rings (SSSR count). The van der Waals surface area contributed by atoms with Crippen LogP contribution in [0.3, 0.4) is 0 Å². The third kappa shape index (κ3) is 2.87. The molecule has 2 atom stereocenters. The van der Waals surface area contributed by atoms with Crippen LogP contribution in [-0.4, -0.2) is 59.1 Å². The maximum Gasteiger partial charge on any atom is 0.262 e. The molecule has 7 nitrogen and oxygen atoms in total. The lowest BCUT2D eigenvalue weighted by Gasteiger charge is -2.37. The topological polar surface area (TPSA) is 86.8 Å². The highest BCUT2D eigenvalue weighted by atomic mass is 16.2. The summed E-state index contributed by atoms with van der Waals surface area (Å²) in [5.74, 6) is -1.50. The first kappa shape index (κ1) is 18.1. The van der Waals surface area contributed by atoms with Crippen molar-refractivity contribution in [2.75, 3.05) is 13.6 Å². The van der Waals surface area contributed by atoms with Crippen molar-refractivity contribution in [1.82, 2.24) is 15.1 Å². The fourth-order valence-electron chi connectivity index (χ4n) is 3.71. The van der Waals surface area contributed by atoms with Crippen LogP contribution in [0.15, 0.2) is 18.2 Å². The van der Waals surface area contributed by atoms with E-state index in [2.05, 4.69) is 5.32 Å². The molecule has 138 valence electrons. The largest absolute Gasteiger partial charge is 0.357 e. The number of rotatable bonds is 3. The molecule has 26 heavy (non-hydrogen) atoms. The Labute approximate surface area is 152 Å². The number of hydrogen-bond acceptors (Lipinski definition) is 4. The zero-order valence-corrected chi connectivity index (χ0v) is 15.2. The van der Waals surface area contributed by atoms with Crippen LogP contribution in [0.4, 0.5) is 0 Å². The van der Waals surface area contributed by atoms with E-state index in [0.29, 0.717) is 24.1 Å². The van der Waals surface area contributed by atoms with Gasteiger partial charge in [-0.05, 0) is 45.2 Å². The van der Waals surface area contributed by atoms with E-state index in [9.17, 15) is 19.2 Å². The van der Waals surface area contributed by atoms with E-state index >= 15 is 0 Å². The number of amides is 4. The van der Waals surface area contributed by atoms with Crippen molar-refractivity contribution in [2.45, 2.75) is 45.2 Å². The molecule has 0 spiro atoms. The van der Waals surface area contributed by atoms with Crippen LogP contribution >= 0.6 is 0 Å². The lowest BCUT2D eigenvalue weighted by Crippen LogP contribution is -2.57. The van der Waals surface area contributed by atoms with Crippen molar-refractivity contribution >= 4 is 23.6 Å². The molecular formula is C19H23N3O4. The van der Waals surface area contributed by atoms with E-state index in [4.69, 9.17) is 0 Å². The highest BCUT2D eigenvalue weighted by Gasteiger charge is 2.43. The number of piperidine rings is 1. The van der Waals surface area contributed by atoms with Crippen molar-refractivity contribution in [1.29, 1.82) is 0 Å². The summed E-state index contributed by atoms with van der Waals surface area (Å²) in [6, 6.07) is 3.55. The van der Waals surface area contributed by atoms with Crippen molar-refractivity contribution in [3.63, 3.8) is 0 Å². The van der Waals surface area contributed by atoms with Crippen molar-refractivity contribution in [3.05, 3.63) is 34.9 Å². The second-order valence-corrected chi connectivity index (χ2v) is 6.86. The van der Waals surface area contributed by atoms with Crippen LogP contribution in [0.1, 0.15) is 52.5 Å². The zero-order chi connectivity index (χ0) is 19.0. The number of hydrogen-bond donors (Lipinski definition) is 1. The monoisotopic (exact) mass is 357 g/mol. The van der Waals surface area contributed by atoms with Crippen LogP contribution in [0, 0.1) is 6.92 Å². The fraction of sp³-hybridized carbons (Fsp3) is 0.474. The number of nitrogens with zero attached hydrogens (tertiary/aromatic N) is 2. The maximum atomic E-state index is 13.0. The molecule has 0 radical (unpaired) electrons. The summed E-state index contributed by atoms with van der Waals surface area (Å²) in [7, 11) is 1.54. The molecular weight excluding hydrogens is 334 g/mol. The Kier molecular flexibility index (Phi) is 4.80. The van der Waals surface area contributed by atoms with Gasteiger partial charge in [-0.1, -0.05) is 11.6 Å². The van der Waals surface area contributed by atoms with Gasteiger partial charge in [0.1, 0.15) is 12.1 Å². The van der Waals surface area contributed by atoms with Gasteiger partial charge in [-0.25, -0.2) is 0 Å². The van der Waals surface area contributed by atoms with E-state index < -0.39 is 23.9 Å². The SMILES string of the molecule is CNC(=O)C1CCCCN1C(=O)C(C)N1C(=O)c2ccc(C)cc2C1=O. The normalized spacial score (nSPS) is 20.8. The summed E-state index contributed by atoms with van der Waals surface area (Å²) < 4.78 is 0. The second kappa shape index (κ2) is 6.90. The maximum absolute atomic E-state index is 13.0. The Morgan fingerprint density at radius 3 is 2.54 bits per heavy atom. The third-order valence-electron chi connectivity index (χ3n) is 5.15. The van der Waals surface area contributed by atoms with E-state index in [-0.39, 0.29) is 11.8 Å². The highest BCUT2D eigenvalue weighted by molar-refractivity contribution is 6.23. The standard InChI is InChI=1S/C19H23N3O4/c1-11-7-8-13-14(10-11)19(26)22(18(13)25)12(2)17(24)21-9-5-4-6-15(21)16(23)20-3/h7-8,10,12,15H,4-6,9H2,1-3H3,(H,20,23). The van der Waals surface area contributed by atoms with Gasteiger partial charge < -0.3 is 10.2 Å². The molecule has 1 aromatic rings. The molecule has 2 heterocycles. The minimum absolute atomic E-state index is 0.219. The molecule has 0 bridgehead atoms. The smallest absolute Gasteiger partial charge is 0.262 e. The molecule has 2 unspecified atom stereocenters. The quantitative estimate of drug-likeness (QED) is 0.821. The first-order chi connectivity index (χ1) is 12.4. The van der Waals surface area contributed by atoms with Gasteiger partial charge in [-0.2, -0.15) is 0 Å². The number of aryl methyl sites for hydroxylation is 1.